The van der Waals surface area contributed by atoms with E-state index in [1.54, 1.807) is 24.3 Å². The average molecular weight is 537 g/mol. The summed E-state index contributed by atoms with van der Waals surface area (Å²) < 4.78 is 33.6. The second-order valence-corrected chi connectivity index (χ2v) is 11.4. The first kappa shape index (κ1) is 28.9. The first-order valence-electron chi connectivity index (χ1n) is 13.5. The standard InChI is InChI=1S/C32H38F2N2O3/c1-31(2,3)23-8-7-9-24(19-23)32(12-14-39-15-13-32)35-21-29(37)28(18-22-16-25(33)20-26(34)17-22)30(38)36-27-10-5-4-6-11-27/h4-11,16-17,19-20,28-29,35,37H,12-15,18,21H2,1-3H3,(H,36,38). The Morgan fingerprint density at radius 2 is 1.64 bits per heavy atom. The molecule has 1 amide bonds. The predicted molar refractivity (Wildman–Crippen MR) is 150 cm³/mol. The summed E-state index contributed by atoms with van der Waals surface area (Å²) in [5.41, 5.74) is 2.75. The number of rotatable bonds is 9. The lowest BCUT2D eigenvalue weighted by molar-refractivity contribution is -0.123. The van der Waals surface area contributed by atoms with E-state index in [9.17, 15) is 18.7 Å². The summed E-state index contributed by atoms with van der Waals surface area (Å²) in [6, 6.07) is 20.6. The van der Waals surface area contributed by atoms with Crippen LogP contribution in [0.4, 0.5) is 14.5 Å². The number of hydrogen-bond acceptors (Lipinski definition) is 4. The number of aliphatic hydroxyl groups excluding tert-OH is 1. The molecule has 1 fully saturated rings. The highest BCUT2D eigenvalue weighted by molar-refractivity contribution is 5.93. The number of amides is 1. The molecule has 5 nitrogen and oxygen atoms in total. The highest BCUT2D eigenvalue weighted by atomic mass is 19.1. The van der Waals surface area contributed by atoms with Gasteiger partial charge in [-0.05, 0) is 65.6 Å². The van der Waals surface area contributed by atoms with Crippen LogP contribution in [0.3, 0.4) is 0 Å². The van der Waals surface area contributed by atoms with Crippen molar-refractivity contribution in [2.24, 2.45) is 5.92 Å². The van der Waals surface area contributed by atoms with Crippen LogP contribution in [-0.4, -0.2) is 36.9 Å². The molecule has 1 aliphatic rings. The molecule has 3 N–H and O–H groups in total. The van der Waals surface area contributed by atoms with Gasteiger partial charge in [-0.25, -0.2) is 8.78 Å². The van der Waals surface area contributed by atoms with E-state index < -0.39 is 35.1 Å². The molecule has 3 aromatic carbocycles. The molecule has 2 unspecified atom stereocenters. The molecule has 4 rings (SSSR count). The van der Waals surface area contributed by atoms with Crippen molar-refractivity contribution in [3.63, 3.8) is 0 Å². The average Bonchev–Trinajstić information content (AvgIpc) is 2.90. The van der Waals surface area contributed by atoms with Crippen molar-refractivity contribution < 1.29 is 23.4 Å². The third kappa shape index (κ3) is 7.50. The van der Waals surface area contributed by atoms with Gasteiger partial charge in [0.05, 0.1) is 12.0 Å². The molecule has 0 spiro atoms. The van der Waals surface area contributed by atoms with Gasteiger partial charge in [0.25, 0.3) is 0 Å². The van der Waals surface area contributed by atoms with Crippen LogP contribution in [0, 0.1) is 17.6 Å². The third-order valence-electron chi connectivity index (χ3n) is 7.50. The van der Waals surface area contributed by atoms with Gasteiger partial charge in [0.1, 0.15) is 11.6 Å². The monoisotopic (exact) mass is 536 g/mol. The molecule has 1 saturated heterocycles. The van der Waals surface area contributed by atoms with Gasteiger partial charge < -0.3 is 20.5 Å². The zero-order valence-corrected chi connectivity index (χ0v) is 22.8. The van der Waals surface area contributed by atoms with Gasteiger partial charge in [-0.15, -0.1) is 0 Å². The largest absolute Gasteiger partial charge is 0.391 e. The smallest absolute Gasteiger partial charge is 0.230 e. The van der Waals surface area contributed by atoms with E-state index in [2.05, 4.69) is 55.7 Å². The molecule has 39 heavy (non-hydrogen) atoms. The fraction of sp³-hybridized carbons (Fsp3) is 0.406. The van der Waals surface area contributed by atoms with Crippen molar-refractivity contribution in [3.05, 3.63) is 101 Å². The number of carbonyl (C=O) groups excluding carboxylic acids is 1. The van der Waals surface area contributed by atoms with E-state index >= 15 is 0 Å². The van der Waals surface area contributed by atoms with Gasteiger partial charge >= 0.3 is 0 Å². The van der Waals surface area contributed by atoms with Crippen LogP contribution in [0.15, 0.2) is 72.8 Å². The Hall–Kier alpha value is -3.13. The molecule has 0 saturated carbocycles. The maximum Gasteiger partial charge on any atom is 0.230 e. The molecule has 0 bridgehead atoms. The van der Waals surface area contributed by atoms with Gasteiger partial charge in [-0.1, -0.05) is 63.2 Å². The molecule has 0 aliphatic carbocycles. The Morgan fingerprint density at radius 1 is 0.974 bits per heavy atom. The summed E-state index contributed by atoms with van der Waals surface area (Å²) in [7, 11) is 0. The number of para-hydroxylation sites is 1. The molecule has 1 aliphatic heterocycles. The zero-order chi connectivity index (χ0) is 28.0. The summed E-state index contributed by atoms with van der Waals surface area (Å²) in [6.45, 7) is 7.78. The third-order valence-corrected chi connectivity index (χ3v) is 7.50. The van der Waals surface area contributed by atoms with Crippen molar-refractivity contribution in [1.82, 2.24) is 5.32 Å². The minimum atomic E-state index is -1.12. The van der Waals surface area contributed by atoms with Crippen molar-refractivity contribution >= 4 is 11.6 Å². The molecular formula is C32H38F2N2O3. The fourth-order valence-corrected chi connectivity index (χ4v) is 5.16. The van der Waals surface area contributed by atoms with E-state index in [0.717, 1.165) is 11.6 Å². The Bertz CT molecular complexity index is 1230. The van der Waals surface area contributed by atoms with Crippen molar-refractivity contribution in [1.29, 1.82) is 0 Å². The van der Waals surface area contributed by atoms with Gasteiger partial charge in [0.15, 0.2) is 0 Å². The number of hydrogen-bond donors (Lipinski definition) is 3. The predicted octanol–water partition coefficient (Wildman–Crippen LogP) is 5.72. The summed E-state index contributed by atoms with van der Waals surface area (Å²) in [5, 5.41) is 17.8. The number of aliphatic hydroxyl groups is 1. The second-order valence-electron chi connectivity index (χ2n) is 11.4. The molecule has 3 aromatic rings. The van der Waals surface area contributed by atoms with Gasteiger partial charge in [-0.3, -0.25) is 4.79 Å². The Morgan fingerprint density at radius 3 is 2.28 bits per heavy atom. The topological polar surface area (TPSA) is 70.6 Å². The maximum atomic E-state index is 13.9. The SMILES string of the molecule is CC(C)(C)c1cccc(C2(NCC(O)C(Cc3cc(F)cc(F)c3)C(=O)Nc3ccccc3)CCOCC2)c1. The minimum absolute atomic E-state index is 0.0220. The van der Waals surface area contributed by atoms with Crippen LogP contribution >= 0.6 is 0 Å². The maximum absolute atomic E-state index is 13.9. The summed E-state index contributed by atoms with van der Waals surface area (Å²) in [4.78, 5) is 13.4. The van der Waals surface area contributed by atoms with Crippen LogP contribution in [0.5, 0.6) is 0 Å². The van der Waals surface area contributed by atoms with E-state index in [1.807, 2.05) is 6.07 Å². The lowest BCUT2D eigenvalue weighted by Gasteiger charge is -2.40. The van der Waals surface area contributed by atoms with Crippen LogP contribution in [0.2, 0.25) is 0 Å². The number of nitrogens with one attached hydrogen (secondary N) is 2. The number of benzene rings is 3. The second kappa shape index (κ2) is 12.4. The van der Waals surface area contributed by atoms with Gasteiger partial charge in [0, 0.05) is 37.1 Å². The molecular weight excluding hydrogens is 498 g/mol. The number of ether oxygens (including phenoxy) is 1. The van der Waals surface area contributed by atoms with Crippen molar-refractivity contribution in [2.45, 2.75) is 57.1 Å². The van der Waals surface area contributed by atoms with Crippen LogP contribution in [0.25, 0.3) is 0 Å². The Labute approximate surface area is 229 Å². The van der Waals surface area contributed by atoms with Crippen LogP contribution in [-0.2, 0) is 26.9 Å². The van der Waals surface area contributed by atoms with E-state index in [-0.39, 0.29) is 18.4 Å². The van der Waals surface area contributed by atoms with Crippen LogP contribution in [0.1, 0.15) is 50.3 Å². The molecule has 1 heterocycles. The van der Waals surface area contributed by atoms with E-state index in [1.165, 1.54) is 17.7 Å². The fourth-order valence-electron chi connectivity index (χ4n) is 5.16. The molecule has 0 radical (unpaired) electrons. The Kier molecular flexibility index (Phi) is 9.15. The Balaban J connectivity index is 1.58. The first-order valence-corrected chi connectivity index (χ1v) is 13.5. The molecule has 2 atom stereocenters. The first-order chi connectivity index (χ1) is 18.6. The van der Waals surface area contributed by atoms with Gasteiger partial charge in [-0.2, -0.15) is 0 Å². The number of carbonyl (C=O) groups is 1. The summed E-state index contributed by atoms with van der Waals surface area (Å²) >= 11 is 0. The van der Waals surface area contributed by atoms with Crippen molar-refractivity contribution in [3.8, 4) is 0 Å². The van der Waals surface area contributed by atoms with E-state index in [0.29, 0.717) is 37.3 Å². The van der Waals surface area contributed by atoms with Gasteiger partial charge in [0.2, 0.25) is 5.91 Å². The van der Waals surface area contributed by atoms with E-state index in [4.69, 9.17) is 4.74 Å². The minimum Gasteiger partial charge on any atom is -0.391 e. The lowest BCUT2D eigenvalue weighted by Crippen LogP contribution is -2.51. The lowest BCUT2D eigenvalue weighted by atomic mass is 9.78. The normalized spacial score (nSPS) is 16.9. The highest BCUT2D eigenvalue weighted by Gasteiger charge is 2.37. The molecule has 208 valence electrons. The molecule has 7 heteroatoms. The quantitative estimate of drug-likeness (QED) is 0.327. The summed E-state index contributed by atoms with van der Waals surface area (Å²) in [6.07, 6.45) is 0.281. The zero-order valence-electron chi connectivity index (χ0n) is 22.8. The number of halogens is 2. The molecule has 0 aromatic heterocycles. The highest BCUT2D eigenvalue weighted by Crippen LogP contribution is 2.35. The number of anilines is 1. The van der Waals surface area contributed by atoms with Crippen LogP contribution < -0.4 is 10.6 Å². The summed E-state index contributed by atoms with van der Waals surface area (Å²) in [5.74, 6) is -2.81. The van der Waals surface area contributed by atoms with Crippen molar-refractivity contribution in [2.75, 3.05) is 25.1 Å².